The summed E-state index contributed by atoms with van der Waals surface area (Å²) in [5.74, 6) is 0.831. The summed E-state index contributed by atoms with van der Waals surface area (Å²) in [5.41, 5.74) is 7.48. The summed E-state index contributed by atoms with van der Waals surface area (Å²) in [5, 5.41) is 11.4. The number of para-hydroxylation sites is 1. The molecule has 1 fully saturated rings. The predicted octanol–water partition coefficient (Wildman–Crippen LogP) is 4.97. The summed E-state index contributed by atoms with van der Waals surface area (Å²) in [4.78, 5) is 33.6. The molecule has 6 aromatic rings. The molecule has 1 aliphatic carbocycles. The summed E-state index contributed by atoms with van der Waals surface area (Å²) in [6, 6.07) is 13.8. The molecule has 36 heavy (non-hydrogen) atoms. The molecule has 5 heterocycles. The number of fused-ring (bicyclic) bond motifs is 2. The number of pyridine rings is 3. The van der Waals surface area contributed by atoms with Crippen LogP contribution in [0.15, 0.2) is 73.4 Å². The number of anilines is 1. The molecule has 7 rings (SSSR count). The number of benzene rings is 1. The van der Waals surface area contributed by atoms with Gasteiger partial charge in [-0.1, -0.05) is 18.2 Å². The van der Waals surface area contributed by atoms with Gasteiger partial charge in [0.1, 0.15) is 5.69 Å². The molecule has 0 aliphatic heterocycles. The van der Waals surface area contributed by atoms with E-state index in [9.17, 15) is 4.79 Å². The van der Waals surface area contributed by atoms with E-state index in [0.717, 1.165) is 57.2 Å². The minimum atomic E-state index is 0.0463. The predicted molar refractivity (Wildman–Crippen MR) is 137 cm³/mol. The minimum Gasteiger partial charge on any atom is -0.337 e. The lowest BCUT2D eigenvalue weighted by Gasteiger charge is -2.06. The maximum absolute atomic E-state index is 12.2. The van der Waals surface area contributed by atoms with E-state index in [-0.39, 0.29) is 11.8 Å². The topological polar surface area (TPSA) is 125 Å². The molecular formula is C27H20N8O. The average molecular weight is 473 g/mol. The number of nitrogens with one attached hydrogen (secondary N) is 3. The highest BCUT2D eigenvalue weighted by Crippen LogP contribution is 2.33. The second-order valence-electron chi connectivity index (χ2n) is 8.94. The lowest BCUT2D eigenvalue weighted by Crippen LogP contribution is -2.13. The molecule has 0 spiro atoms. The maximum atomic E-state index is 12.2. The van der Waals surface area contributed by atoms with Gasteiger partial charge in [0.05, 0.1) is 40.3 Å². The van der Waals surface area contributed by atoms with Crippen molar-refractivity contribution in [3.63, 3.8) is 0 Å². The van der Waals surface area contributed by atoms with Gasteiger partial charge in [0.15, 0.2) is 5.82 Å². The van der Waals surface area contributed by atoms with Gasteiger partial charge in [0.25, 0.3) is 0 Å². The molecule has 1 amide bonds. The zero-order valence-electron chi connectivity index (χ0n) is 19.1. The number of nitrogens with zero attached hydrogens (tertiary/aromatic N) is 5. The molecule has 0 bridgehead atoms. The number of aromatic nitrogens is 7. The van der Waals surface area contributed by atoms with E-state index in [1.165, 1.54) is 0 Å². The van der Waals surface area contributed by atoms with Gasteiger partial charge in [-0.05, 0) is 37.1 Å². The molecule has 0 unspecified atom stereocenters. The zero-order valence-corrected chi connectivity index (χ0v) is 19.1. The van der Waals surface area contributed by atoms with Crippen LogP contribution in [0.1, 0.15) is 12.8 Å². The SMILES string of the molecule is O=C(Nc1cncc(-c2cc3c(-c4nc5c(-c6cccnc6)cccc5[nH]4)n[nH]c3cn2)c1)C1CC1. The van der Waals surface area contributed by atoms with Crippen LogP contribution in [0.5, 0.6) is 0 Å². The number of hydrogen-bond donors (Lipinski definition) is 3. The van der Waals surface area contributed by atoms with Crippen LogP contribution in [0.4, 0.5) is 5.69 Å². The van der Waals surface area contributed by atoms with E-state index >= 15 is 0 Å². The molecule has 3 N–H and O–H groups in total. The number of carbonyl (C=O) groups is 1. The number of carbonyl (C=O) groups excluding carboxylic acids is 1. The first kappa shape index (κ1) is 20.5. The molecule has 1 aliphatic rings. The number of imidazole rings is 1. The van der Waals surface area contributed by atoms with Gasteiger partial charge in [-0.15, -0.1) is 0 Å². The van der Waals surface area contributed by atoms with Crippen LogP contribution in [-0.4, -0.2) is 41.0 Å². The molecule has 9 nitrogen and oxygen atoms in total. The minimum absolute atomic E-state index is 0.0463. The Bertz CT molecular complexity index is 1750. The van der Waals surface area contributed by atoms with Crippen molar-refractivity contribution in [3.8, 4) is 33.9 Å². The molecule has 174 valence electrons. The van der Waals surface area contributed by atoms with Crippen LogP contribution in [0.2, 0.25) is 0 Å². The van der Waals surface area contributed by atoms with E-state index in [1.54, 1.807) is 24.8 Å². The van der Waals surface area contributed by atoms with Crippen LogP contribution in [-0.2, 0) is 4.79 Å². The largest absolute Gasteiger partial charge is 0.337 e. The first-order valence-corrected chi connectivity index (χ1v) is 11.7. The van der Waals surface area contributed by atoms with Crippen LogP contribution in [0.25, 0.3) is 55.8 Å². The fourth-order valence-corrected chi connectivity index (χ4v) is 4.39. The number of H-pyrrole nitrogens is 2. The molecular weight excluding hydrogens is 452 g/mol. The molecule has 1 saturated carbocycles. The van der Waals surface area contributed by atoms with Gasteiger partial charge in [-0.25, -0.2) is 4.98 Å². The number of aromatic amines is 2. The lowest BCUT2D eigenvalue weighted by atomic mass is 10.1. The van der Waals surface area contributed by atoms with E-state index < -0.39 is 0 Å². The first-order valence-electron chi connectivity index (χ1n) is 11.7. The van der Waals surface area contributed by atoms with Gasteiger partial charge in [-0.2, -0.15) is 5.10 Å². The molecule has 1 aromatic carbocycles. The summed E-state index contributed by atoms with van der Waals surface area (Å²) in [7, 11) is 0. The van der Waals surface area contributed by atoms with Gasteiger partial charge in [0, 0.05) is 46.6 Å². The second-order valence-corrected chi connectivity index (χ2v) is 8.94. The molecule has 5 aromatic heterocycles. The maximum Gasteiger partial charge on any atom is 0.227 e. The van der Waals surface area contributed by atoms with E-state index in [1.807, 2.05) is 48.7 Å². The fourth-order valence-electron chi connectivity index (χ4n) is 4.39. The standard InChI is InChI=1S/C27H20N8O/c36-27(15-6-7-15)31-18-9-17(12-29-13-18)22-10-20-23(14-30-22)34-35-25(20)26-32-21-5-1-4-19(24(21)33-26)16-3-2-8-28-11-16/h1-5,8-15H,6-7H2,(H,31,36)(H,32,33)(H,34,35). The van der Waals surface area contributed by atoms with Crippen LogP contribution >= 0.6 is 0 Å². The van der Waals surface area contributed by atoms with E-state index in [2.05, 4.69) is 35.5 Å². The Morgan fingerprint density at radius 2 is 1.86 bits per heavy atom. The van der Waals surface area contributed by atoms with Gasteiger partial charge < -0.3 is 10.3 Å². The van der Waals surface area contributed by atoms with Crippen LogP contribution in [0, 0.1) is 5.92 Å². The normalized spacial score (nSPS) is 13.3. The van der Waals surface area contributed by atoms with E-state index in [4.69, 9.17) is 4.98 Å². The molecule has 0 atom stereocenters. The summed E-state index contributed by atoms with van der Waals surface area (Å²) >= 11 is 0. The molecule has 0 saturated heterocycles. The van der Waals surface area contributed by atoms with E-state index in [0.29, 0.717) is 17.2 Å². The second kappa shape index (κ2) is 8.09. The molecule has 9 heteroatoms. The Morgan fingerprint density at radius 1 is 0.944 bits per heavy atom. The first-order chi connectivity index (χ1) is 17.7. The Balaban J connectivity index is 1.28. The Kier molecular flexibility index (Phi) is 4.60. The Hall–Kier alpha value is -4.92. The highest BCUT2D eigenvalue weighted by Gasteiger charge is 2.29. The quantitative estimate of drug-likeness (QED) is 0.325. The average Bonchev–Trinajstić information content (AvgIpc) is 3.55. The van der Waals surface area contributed by atoms with Gasteiger partial charge in [-0.3, -0.25) is 24.8 Å². The fraction of sp³-hybridized carbons (Fsp3) is 0.111. The van der Waals surface area contributed by atoms with Crippen LogP contribution < -0.4 is 5.32 Å². The third-order valence-electron chi connectivity index (χ3n) is 6.41. The number of hydrogen-bond acceptors (Lipinski definition) is 6. The van der Waals surface area contributed by atoms with Crippen molar-refractivity contribution in [1.82, 2.24) is 35.1 Å². The van der Waals surface area contributed by atoms with Crippen LogP contribution in [0.3, 0.4) is 0 Å². The highest BCUT2D eigenvalue weighted by atomic mass is 16.2. The summed E-state index contributed by atoms with van der Waals surface area (Å²) in [6.45, 7) is 0. The van der Waals surface area contributed by atoms with Crippen molar-refractivity contribution >= 4 is 33.5 Å². The van der Waals surface area contributed by atoms with Crippen molar-refractivity contribution in [3.05, 3.63) is 73.4 Å². The number of amides is 1. The van der Waals surface area contributed by atoms with Crippen molar-refractivity contribution < 1.29 is 4.79 Å². The molecule has 0 radical (unpaired) electrons. The Labute approximate surface area is 205 Å². The third kappa shape index (κ3) is 3.58. The lowest BCUT2D eigenvalue weighted by molar-refractivity contribution is -0.117. The van der Waals surface area contributed by atoms with Crippen molar-refractivity contribution in [2.45, 2.75) is 12.8 Å². The van der Waals surface area contributed by atoms with Gasteiger partial charge >= 0.3 is 0 Å². The monoisotopic (exact) mass is 472 g/mol. The highest BCUT2D eigenvalue weighted by molar-refractivity contribution is 5.98. The smallest absolute Gasteiger partial charge is 0.227 e. The van der Waals surface area contributed by atoms with Crippen molar-refractivity contribution in [2.24, 2.45) is 5.92 Å². The van der Waals surface area contributed by atoms with Gasteiger partial charge in [0.2, 0.25) is 5.91 Å². The zero-order chi connectivity index (χ0) is 24.1. The van der Waals surface area contributed by atoms with Crippen molar-refractivity contribution in [1.29, 1.82) is 0 Å². The third-order valence-corrected chi connectivity index (χ3v) is 6.41. The number of rotatable bonds is 5. The summed E-state index contributed by atoms with van der Waals surface area (Å²) < 4.78 is 0. The summed E-state index contributed by atoms with van der Waals surface area (Å²) in [6.07, 6.45) is 10.6. The van der Waals surface area contributed by atoms with Crippen molar-refractivity contribution in [2.75, 3.05) is 5.32 Å². The Morgan fingerprint density at radius 3 is 2.72 bits per heavy atom.